The van der Waals surface area contributed by atoms with Crippen molar-refractivity contribution >= 4 is 17.5 Å². The van der Waals surface area contributed by atoms with Gasteiger partial charge in [0.05, 0.1) is 11.4 Å². The fourth-order valence-electron chi connectivity index (χ4n) is 3.04. The van der Waals surface area contributed by atoms with Crippen molar-refractivity contribution in [1.82, 2.24) is 20.0 Å². The van der Waals surface area contributed by atoms with Crippen molar-refractivity contribution < 1.29 is 4.79 Å². The summed E-state index contributed by atoms with van der Waals surface area (Å²) in [4.78, 5) is 13.6. The van der Waals surface area contributed by atoms with E-state index in [1.807, 2.05) is 42.2 Å². The molecule has 0 radical (unpaired) electrons. The van der Waals surface area contributed by atoms with Gasteiger partial charge < -0.3 is 10.2 Å². The van der Waals surface area contributed by atoms with Crippen LogP contribution < -0.4 is 5.32 Å². The third kappa shape index (κ3) is 3.62. The number of nitrogens with one attached hydrogen (secondary N) is 1. The first-order valence-electron chi connectivity index (χ1n) is 8.37. The first kappa shape index (κ1) is 17.0. The van der Waals surface area contributed by atoms with Gasteiger partial charge in [0.1, 0.15) is 5.15 Å². The molecule has 0 bridgehead atoms. The Morgan fingerprint density at radius 1 is 1.33 bits per heavy atom. The molecule has 0 saturated carbocycles. The summed E-state index contributed by atoms with van der Waals surface area (Å²) < 4.78 is 1.77. The molecule has 2 aromatic rings. The molecule has 1 aliphatic heterocycles. The Balaban J connectivity index is 1.65. The Bertz CT molecular complexity index is 713. The molecule has 1 unspecified atom stereocenters. The van der Waals surface area contributed by atoms with E-state index in [-0.39, 0.29) is 11.9 Å². The SMILES string of the molecule is Cc1nn(-c2ccccc2)c(Cl)c1CNC(C)CN1CCCC1=O. The van der Waals surface area contributed by atoms with Crippen molar-refractivity contribution in [3.8, 4) is 5.69 Å². The summed E-state index contributed by atoms with van der Waals surface area (Å²) in [5, 5.41) is 8.65. The van der Waals surface area contributed by atoms with Crippen molar-refractivity contribution in [3.05, 3.63) is 46.7 Å². The second-order valence-electron chi connectivity index (χ2n) is 6.33. The van der Waals surface area contributed by atoms with E-state index in [0.29, 0.717) is 18.1 Å². The zero-order valence-corrected chi connectivity index (χ0v) is 14.9. The maximum absolute atomic E-state index is 11.7. The lowest BCUT2D eigenvalue weighted by atomic mass is 10.2. The van der Waals surface area contributed by atoms with E-state index in [1.54, 1.807) is 4.68 Å². The largest absolute Gasteiger partial charge is 0.341 e. The van der Waals surface area contributed by atoms with Crippen LogP contribution in [0.2, 0.25) is 5.15 Å². The van der Waals surface area contributed by atoms with Gasteiger partial charge in [0.15, 0.2) is 0 Å². The number of aromatic nitrogens is 2. The van der Waals surface area contributed by atoms with Gasteiger partial charge in [0.2, 0.25) is 5.91 Å². The fourth-order valence-corrected chi connectivity index (χ4v) is 3.38. The number of rotatable bonds is 6. The van der Waals surface area contributed by atoms with Crippen LogP contribution in [0.15, 0.2) is 30.3 Å². The van der Waals surface area contributed by atoms with Crippen LogP contribution in [0.3, 0.4) is 0 Å². The van der Waals surface area contributed by atoms with Crippen LogP contribution in [0.1, 0.15) is 31.0 Å². The molecule has 5 nitrogen and oxygen atoms in total. The summed E-state index contributed by atoms with van der Waals surface area (Å²) in [5.41, 5.74) is 2.87. The smallest absolute Gasteiger partial charge is 0.222 e. The highest BCUT2D eigenvalue weighted by Gasteiger charge is 2.22. The second kappa shape index (κ2) is 7.36. The number of carbonyl (C=O) groups is 1. The molecule has 0 aliphatic carbocycles. The predicted molar refractivity (Wildman–Crippen MR) is 95.4 cm³/mol. The van der Waals surface area contributed by atoms with Crippen molar-refractivity contribution in [1.29, 1.82) is 0 Å². The molecular formula is C18H23ClN4O. The van der Waals surface area contributed by atoms with Crippen molar-refractivity contribution in [2.75, 3.05) is 13.1 Å². The van der Waals surface area contributed by atoms with E-state index in [1.165, 1.54) is 0 Å². The Labute approximate surface area is 147 Å². The lowest BCUT2D eigenvalue weighted by molar-refractivity contribution is -0.127. The zero-order valence-electron chi connectivity index (χ0n) is 14.1. The van der Waals surface area contributed by atoms with Crippen LogP contribution in [-0.2, 0) is 11.3 Å². The minimum atomic E-state index is 0.211. The Morgan fingerprint density at radius 3 is 2.75 bits per heavy atom. The molecule has 24 heavy (non-hydrogen) atoms. The monoisotopic (exact) mass is 346 g/mol. The quantitative estimate of drug-likeness (QED) is 0.875. The molecule has 1 aliphatic rings. The van der Waals surface area contributed by atoms with Crippen LogP contribution in [0.4, 0.5) is 0 Å². The highest BCUT2D eigenvalue weighted by Crippen LogP contribution is 2.23. The molecule has 128 valence electrons. The minimum absolute atomic E-state index is 0.211. The number of nitrogens with zero attached hydrogens (tertiary/aromatic N) is 3. The molecular weight excluding hydrogens is 324 g/mol. The average Bonchev–Trinajstić information content (AvgIpc) is 3.10. The topological polar surface area (TPSA) is 50.2 Å². The molecule has 1 aromatic carbocycles. The molecule has 1 fully saturated rings. The molecule has 6 heteroatoms. The number of halogens is 1. The van der Waals surface area contributed by atoms with E-state index in [2.05, 4.69) is 17.3 Å². The first-order valence-corrected chi connectivity index (χ1v) is 8.74. The number of para-hydroxylation sites is 1. The molecule has 0 spiro atoms. The van der Waals surface area contributed by atoms with Gasteiger partial charge in [-0.1, -0.05) is 29.8 Å². The third-order valence-corrected chi connectivity index (χ3v) is 4.80. The summed E-state index contributed by atoms with van der Waals surface area (Å²) in [6.45, 7) is 6.31. The molecule has 1 saturated heterocycles. The van der Waals surface area contributed by atoms with Crippen molar-refractivity contribution in [2.45, 2.75) is 39.3 Å². The van der Waals surface area contributed by atoms with Crippen LogP contribution in [0.25, 0.3) is 5.69 Å². The number of likely N-dealkylation sites (tertiary alicyclic amines) is 1. The average molecular weight is 347 g/mol. The fraction of sp³-hybridized carbons (Fsp3) is 0.444. The predicted octanol–water partition coefficient (Wildman–Crippen LogP) is 2.93. The molecule has 1 amide bonds. The summed E-state index contributed by atoms with van der Waals surface area (Å²) in [6, 6.07) is 10.1. The summed E-state index contributed by atoms with van der Waals surface area (Å²) in [7, 11) is 0. The lowest BCUT2D eigenvalue weighted by Gasteiger charge is -2.21. The number of amides is 1. The Hall–Kier alpha value is -1.85. The van der Waals surface area contributed by atoms with Crippen LogP contribution in [-0.4, -0.2) is 39.7 Å². The van der Waals surface area contributed by atoms with Gasteiger partial charge in [-0.25, -0.2) is 4.68 Å². The number of hydrogen-bond donors (Lipinski definition) is 1. The zero-order chi connectivity index (χ0) is 17.1. The summed E-state index contributed by atoms with van der Waals surface area (Å²) in [5.74, 6) is 0.259. The van der Waals surface area contributed by atoms with Gasteiger partial charge in [0.25, 0.3) is 0 Å². The lowest BCUT2D eigenvalue weighted by Crippen LogP contribution is -2.39. The van der Waals surface area contributed by atoms with Gasteiger partial charge in [-0.3, -0.25) is 4.79 Å². The van der Waals surface area contributed by atoms with Crippen LogP contribution >= 0.6 is 11.6 Å². The number of aryl methyl sites for hydroxylation is 1. The van der Waals surface area contributed by atoms with E-state index < -0.39 is 0 Å². The summed E-state index contributed by atoms with van der Waals surface area (Å²) >= 11 is 6.54. The molecule has 1 N–H and O–H groups in total. The Kier molecular flexibility index (Phi) is 5.21. The van der Waals surface area contributed by atoms with E-state index in [0.717, 1.165) is 36.5 Å². The van der Waals surface area contributed by atoms with Crippen molar-refractivity contribution in [2.24, 2.45) is 0 Å². The number of hydrogen-bond acceptors (Lipinski definition) is 3. The standard InChI is InChI=1S/C18H23ClN4O/c1-13(12-22-10-6-9-17(22)24)20-11-16-14(2)21-23(18(16)19)15-7-4-3-5-8-15/h3-5,7-8,13,20H,6,9-12H2,1-2H3. The molecule has 3 rings (SSSR count). The van der Waals surface area contributed by atoms with Crippen LogP contribution in [0.5, 0.6) is 0 Å². The maximum atomic E-state index is 11.7. The van der Waals surface area contributed by atoms with E-state index in [9.17, 15) is 4.79 Å². The number of carbonyl (C=O) groups excluding carboxylic acids is 1. The normalized spacial score (nSPS) is 16.0. The number of benzene rings is 1. The third-order valence-electron chi connectivity index (χ3n) is 4.42. The minimum Gasteiger partial charge on any atom is -0.341 e. The second-order valence-corrected chi connectivity index (χ2v) is 6.69. The Morgan fingerprint density at radius 2 is 2.08 bits per heavy atom. The molecule has 2 heterocycles. The van der Waals surface area contributed by atoms with Gasteiger partial charge in [-0.15, -0.1) is 0 Å². The maximum Gasteiger partial charge on any atom is 0.222 e. The van der Waals surface area contributed by atoms with Gasteiger partial charge in [0, 0.05) is 37.7 Å². The van der Waals surface area contributed by atoms with Crippen molar-refractivity contribution in [3.63, 3.8) is 0 Å². The summed E-state index contributed by atoms with van der Waals surface area (Å²) in [6.07, 6.45) is 1.65. The van der Waals surface area contributed by atoms with Crippen LogP contribution in [0, 0.1) is 6.92 Å². The molecule has 1 atom stereocenters. The van der Waals surface area contributed by atoms with Gasteiger partial charge >= 0.3 is 0 Å². The highest BCUT2D eigenvalue weighted by molar-refractivity contribution is 6.30. The van der Waals surface area contributed by atoms with Gasteiger partial charge in [-0.05, 0) is 32.4 Å². The first-order chi connectivity index (χ1) is 11.6. The van der Waals surface area contributed by atoms with E-state index >= 15 is 0 Å². The van der Waals surface area contributed by atoms with E-state index in [4.69, 9.17) is 11.6 Å². The highest BCUT2D eigenvalue weighted by atomic mass is 35.5. The van der Waals surface area contributed by atoms with Gasteiger partial charge in [-0.2, -0.15) is 5.10 Å². The molecule has 1 aromatic heterocycles.